The zero-order valence-electron chi connectivity index (χ0n) is 8.76. The number of aromatic carboxylic acids is 1. The molecule has 0 amide bonds. The van der Waals surface area contributed by atoms with E-state index in [1.54, 1.807) is 36.4 Å². The quantitative estimate of drug-likeness (QED) is 0.898. The third-order valence-electron chi connectivity index (χ3n) is 2.13. The van der Waals surface area contributed by atoms with Crippen LogP contribution in [0.4, 0.5) is 0 Å². The van der Waals surface area contributed by atoms with E-state index in [2.05, 4.69) is 0 Å². The Balaban J connectivity index is 2.21. The van der Waals surface area contributed by atoms with Gasteiger partial charge in [-0.3, -0.25) is 0 Å². The van der Waals surface area contributed by atoms with Crippen LogP contribution in [0.1, 0.15) is 10.4 Å². The van der Waals surface area contributed by atoms with Gasteiger partial charge in [0.05, 0.1) is 5.56 Å². The molecule has 2 aromatic carbocycles. The van der Waals surface area contributed by atoms with Crippen molar-refractivity contribution in [1.29, 1.82) is 0 Å². The largest absolute Gasteiger partial charge is 0.478 e. The Morgan fingerprint density at radius 1 is 1.06 bits per heavy atom. The first kappa shape index (κ1) is 11.5. The molecule has 3 nitrogen and oxygen atoms in total. The number of hydrogen-bond donors (Lipinski definition) is 1. The topological polar surface area (TPSA) is 46.5 Å². The number of halogens is 1. The predicted octanol–water partition coefficient (Wildman–Crippen LogP) is 3.83. The van der Waals surface area contributed by atoms with Gasteiger partial charge in [-0.05, 0) is 42.5 Å². The molecule has 0 bridgehead atoms. The smallest absolute Gasteiger partial charge is 0.335 e. The van der Waals surface area contributed by atoms with Crippen molar-refractivity contribution in [1.82, 2.24) is 0 Å². The molecule has 0 unspecified atom stereocenters. The summed E-state index contributed by atoms with van der Waals surface area (Å²) in [5.41, 5.74) is 0.191. The Morgan fingerprint density at radius 3 is 2.41 bits per heavy atom. The highest BCUT2D eigenvalue weighted by atomic mass is 35.5. The summed E-state index contributed by atoms with van der Waals surface area (Å²) in [6.07, 6.45) is 0. The molecular weight excluding hydrogens is 240 g/mol. The number of hydrogen-bond acceptors (Lipinski definition) is 2. The van der Waals surface area contributed by atoms with Gasteiger partial charge in [0.1, 0.15) is 11.5 Å². The average molecular weight is 249 g/mol. The number of carbonyl (C=O) groups is 1. The molecule has 0 saturated carbocycles. The van der Waals surface area contributed by atoms with Gasteiger partial charge >= 0.3 is 5.97 Å². The molecule has 0 aromatic heterocycles. The van der Waals surface area contributed by atoms with E-state index in [-0.39, 0.29) is 5.56 Å². The maximum atomic E-state index is 10.8. The highest BCUT2D eigenvalue weighted by Gasteiger charge is 2.04. The minimum Gasteiger partial charge on any atom is -0.478 e. The van der Waals surface area contributed by atoms with Crippen LogP contribution in [0.15, 0.2) is 48.5 Å². The van der Waals surface area contributed by atoms with Crippen LogP contribution in [0.25, 0.3) is 0 Å². The Kier molecular flexibility index (Phi) is 3.30. The fraction of sp³-hybridized carbons (Fsp3) is 0. The summed E-state index contributed by atoms with van der Waals surface area (Å²) in [4.78, 5) is 10.8. The zero-order valence-corrected chi connectivity index (χ0v) is 9.52. The minimum absolute atomic E-state index is 0.191. The monoisotopic (exact) mass is 248 g/mol. The molecule has 0 aliphatic heterocycles. The second-order valence-electron chi connectivity index (χ2n) is 3.39. The maximum Gasteiger partial charge on any atom is 0.335 e. The van der Waals surface area contributed by atoms with Crippen LogP contribution in [-0.2, 0) is 0 Å². The summed E-state index contributed by atoms with van der Waals surface area (Å²) in [7, 11) is 0. The van der Waals surface area contributed by atoms with E-state index < -0.39 is 5.97 Å². The van der Waals surface area contributed by atoms with E-state index in [4.69, 9.17) is 21.4 Å². The molecule has 4 heteroatoms. The molecule has 86 valence electrons. The lowest BCUT2D eigenvalue weighted by Gasteiger charge is -2.06. The summed E-state index contributed by atoms with van der Waals surface area (Å²) in [5.74, 6) is 0.107. The van der Waals surface area contributed by atoms with Gasteiger partial charge in [0.2, 0.25) is 0 Å². The fourth-order valence-corrected chi connectivity index (χ4v) is 1.46. The van der Waals surface area contributed by atoms with Crippen molar-refractivity contribution in [3.63, 3.8) is 0 Å². The summed E-state index contributed by atoms with van der Waals surface area (Å²) in [6, 6.07) is 13.2. The van der Waals surface area contributed by atoms with Gasteiger partial charge in [0.25, 0.3) is 0 Å². The van der Waals surface area contributed by atoms with Crippen LogP contribution >= 0.6 is 11.6 Å². The number of benzene rings is 2. The lowest BCUT2D eigenvalue weighted by Crippen LogP contribution is -1.95. The van der Waals surface area contributed by atoms with Gasteiger partial charge in [-0.1, -0.05) is 17.7 Å². The predicted molar refractivity (Wildman–Crippen MR) is 64.9 cm³/mol. The van der Waals surface area contributed by atoms with Gasteiger partial charge in [0.15, 0.2) is 0 Å². The highest BCUT2D eigenvalue weighted by molar-refractivity contribution is 6.30. The number of rotatable bonds is 3. The Morgan fingerprint density at radius 2 is 1.76 bits per heavy atom. The second kappa shape index (κ2) is 4.89. The SMILES string of the molecule is O=C(O)c1cccc(Oc2ccc(Cl)cc2)c1. The molecule has 0 atom stereocenters. The molecule has 2 aromatic rings. The van der Waals surface area contributed by atoms with Gasteiger partial charge in [0, 0.05) is 5.02 Å². The summed E-state index contributed by atoms with van der Waals surface area (Å²) in [6.45, 7) is 0. The van der Waals surface area contributed by atoms with E-state index in [9.17, 15) is 4.79 Å². The standard InChI is InChI=1S/C13H9ClO3/c14-10-4-6-11(7-5-10)17-12-3-1-2-9(8-12)13(15)16/h1-8H,(H,15,16). The van der Waals surface area contributed by atoms with Crippen LogP contribution in [-0.4, -0.2) is 11.1 Å². The number of ether oxygens (including phenoxy) is 1. The van der Waals surface area contributed by atoms with Gasteiger partial charge in [-0.2, -0.15) is 0 Å². The van der Waals surface area contributed by atoms with Crippen LogP contribution in [0.2, 0.25) is 5.02 Å². The highest BCUT2D eigenvalue weighted by Crippen LogP contribution is 2.23. The second-order valence-corrected chi connectivity index (χ2v) is 3.83. The van der Waals surface area contributed by atoms with Crippen molar-refractivity contribution >= 4 is 17.6 Å². The van der Waals surface area contributed by atoms with Crippen molar-refractivity contribution in [2.75, 3.05) is 0 Å². The fourth-order valence-electron chi connectivity index (χ4n) is 1.33. The number of carboxylic acids is 1. The Hall–Kier alpha value is -2.00. The Bertz CT molecular complexity index is 535. The zero-order chi connectivity index (χ0) is 12.3. The lowest BCUT2D eigenvalue weighted by atomic mass is 10.2. The third kappa shape index (κ3) is 2.98. The molecule has 0 radical (unpaired) electrons. The number of carboxylic acid groups (broad SMARTS) is 1. The normalized spacial score (nSPS) is 9.94. The molecule has 0 fully saturated rings. The van der Waals surface area contributed by atoms with Crippen LogP contribution < -0.4 is 4.74 Å². The molecule has 0 heterocycles. The van der Waals surface area contributed by atoms with Crippen LogP contribution in [0.3, 0.4) is 0 Å². The molecule has 0 saturated heterocycles. The van der Waals surface area contributed by atoms with Crippen molar-refractivity contribution < 1.29 is 14.6 Å². The first-order valence-electron chi connectivity index (χ1n) is 4.92. The lowest BCUT2D eigenvalue weighted by molar-refractivity contribution is 0.0696. The molecular formula is C13H9ClO3. The van der Waals surface area contributed by atoms with Crippen LogP contribution in [0.5, 0.6) is 11.5 Å². The molecule has 0 aliphatic carbocycles. The summed E-state index contributed by atoms with van der Waals surface area (Å²) in [5, 5.41) is 9.46. The van der Waals surface area contributed by atoms with E-state index in [1.165, 1.54) is 12.1 Å². The van der Waals surface area contributed by atoms with Crippen molar-refractivity contribution in [2.24, 2.45) is 0 Å². The molecule has 17 heavy (non-hydrogen) atoms. The third-order valence-corrected chi connectivity index (χ3v) is 2.38. The molecule has 1 N–H and O–H groups in total. The van der Waals surface area contributed by atoms with Crippen molar-refractivity contribution in [2.45, 2.75) is 0 Å². The van der Waals surface area contributed by atoms with Gasteiger partial charge in [-0.15, -0.1) is 0 Å². The van der Waals surface area contributed by atoms with E-state index in [1.807, 2.05) is 0 Å². The van der Waals surface area contributed by atoms with Gasteiger partial charge in [-0.25, -0.2) is 4.79 Å². The minimum atomic E-state index is -0.980. The molecule has 0 aliphatic rings. The first-order chi connectivity index (χ1) is 8.15. The Labute approximate surface area is 103 Å². The summed E-state index contributed by atoms with van der Waals surface area (Å²) < 4.78 is 5.50. The van der Waals surface area contributed by atoms with Gasteiger partial charge < -0.3 is 9.84 Å². The van der Waals surface area contributed by atoms with E-state index >= 15 is 0 Å². The van der Waals surface area contributed by atoms with Crippen molar-refractivity contribution in [3.8, 4) is 11.5 Å². The maximum absolute atomic E-state index is 10.8. The van der Waals surface area contributed by atoms with E-state index in [0.29, 0.717) is 16.5 Å². The molecule has 0 spiro atoms. The first-order valence-corrected chi connectivity index (χ1v) is 5.30. The van der Waals surface area contributed by atoms with Crippen LogP contribution in [0, 0.1) is 0 Å². The van der Waals surface area contributed by atoms with Crippen molar-refractivity contribution in [3.05, 3.63) is 59.1 Å². The summed E-state index contributed by atoms with van der Waals surface area (Å²) >= 11 is 5.75. The molecule has 2 rings (SSSR count). The van der Waals surface area contributed by atoms with E-state index in [0.717, 1.165) is 0 Å². The average Bonchev–Trinajstić information content (AvgIpc) is 2.32.